The molecule has 0 aliphatic heterocycles. The van der Waals surface area contributed by atoms with Crippen molar-refractivity contribution in [2.75, 3.05) is 25.1 Å². The Balaban J connectivity index is 2.28. The van der Waals surface area contributed by atoms with E-state index in [1.807, 2.05) is 0 Å². The molecule has 0 atom stereocenters. The summed E-state index contributed by atoms with van der Waals surface area (Å²) in [7, 11) is 0. The lowest BCUT2D eigenvalue weighted by Crippen LogP contribution is -2.18. The highest BCUT2D eigenvalue weighted by atomic mass is 79.9. The van der Waals surface area contributed by atoms with Gasteiger partial charge in [0.25, 0.3) is 0 Å². The molecule has 2 nitrogen and oxygen atoms in total. The summed E-state index contributed by atoms with van der Waals surface area (Å²) in [4.78, 5) is 0. The van der Waals surface area contributed by atoms with Gasteiger partial charge in [-0.1, -0.05) is 0 Å². The third-order valence-corrected chi connectivity index (χ3v) is 2.66. The number of halogens is 6. The van der Waals surface area contributed by atoms with Crippen molar-refractivity contribution in [2.45, 2.75) is 12.6 Å². The van der Waals surface area contributed by atoms with Crippen molar-refractivity contribution in [3.05, 3.63) is 28.2 Å². The fourth-order valence-corrected chi connectivity index (χ4v) is 1.56. The van der Waals surface area contributed by atoms with Crippen molar-refractivity contribution in [3.63, 3.8) is 0 Å². The summed E-state index contributed by atoms with van der Waals surface area (Å²) in [6, 6.07) is 1.94. The van der Waals surface area contributed by atoms with E-state index in [0.29, 0.717) is 0 Å². The Morgan fingerprint density at radius 3 is 2.47 bits per heavy atom. The largest absolute Gasteiger partial charge is 0.411 e. The third-order valence-electron chi connectivity index (χ3n) is 2.06. The van der Waals surface area contributed by atoms with Crippen LogP contribution in [-0.4, -0.2) is 25.9 Å². The highest BCUT2D eigenvalue weighted by Crippen LogP contribution is 2.23. The molecule has 0 unspecified atom stereocenters. The molecule has 0 aromatic heterocycles. The van der Waals surface area contributed by atoms with Crippen LogP contribution in [-0.2, 0) is 4.74 Å². The van der Waals surface area contributed by atoms with Crippen LogP contribution in [0.15, 0.2) is 16.6 Å². The average molecular weight is 348 g/mol. The molecule has 0 aliphatic carbocycles. The summed E-state index contributed by atoms with van der Waals surface area (Å²) in [6.45, 7) is -1.25. The van der Waals surface area contributed by atoms with Crippen molar-refractivity contribution in [1.82, 2.24) is 0 Å². The number of benzene rings is 1. The lowest BCUT2D eigenvalue weighted by molar-refractivity contribution is -0.173. The topological polar surface area (TPSA) is 21.3 Å². The van der Waals surface area contributed by atoms with Crippen LogP contribution in [0.4, 0.5) is 27.6 Å². The first-order chi connectivity index (χ1) is 8.79. The van der Waals surface area contributed by atoms with Gasteiger partial charge in [-0.05, 0) is 28.4 Å². The maximum Gasteiger partial charge on any atom is 0.411 e. The standard InChI is InChI=1S/C11H11BrF5NO/c12-7-4-9(14)10(5-8(7)13)18-2-1-3-19-6-11(15,16)17/h4-5,18H,1-3,6H2. The van der Waals surface area contributed by atoms with Crippen LogP contribution in [0.5, 0.6) is 0 Å². The molecule has 1 rings (SSSR count). The van der Waals surface area contributed by atoms with Crippen molar-refractivity contribution in [2.24, 2.45) is 0 Å². The van der Waals surface area contributed by atoms with Gasteiger partial charge in [-0.2, -0.15) is 13.2 Å². The third kappa shape index (κ3) is 6.20. The Hall–Kier alpha value is -0.890. The molecule has 0 bridgehead atoms. The van der Waals surface area contributed by atoms with Gasteiger partial charge in [0, 0.05) is 19.2 Å². The van der Waals surface area contributed by atoms with E-state index in [2.05, 4.69) is 26.0 Å². The Labute approximate surface area is 115 Å². The molecule has 1 N–H and O–H groups in total. The molecule has 0 heterocycles. The zero-order chi connectivity index (χ0) is 14.5. The van der Waals surface area contributed by atoms with E-state index in [-0.39, 0.29) is 29.7 Å². The maximum atomic E-state index is 13.3. The second-order valence-corrected chi connectivity index (χ2v) is 4.55. The molecule has 1 aromatic carbocycles. The fourth-order valence-electron chi connectivity index (χ4n) is 1.24. The summed E-state index contributed by atoms with van der Waals surface area (Å²) >= 11 is 2.83. The van der Waals surface area contributed by atoms with E-state index in [9.17, 15) is 22.0 Å². The van der Waals surface area contributed by atoms with Crippen LogP contribution in [0.2, 0.25) is 0 Å². The molecule has 1 aromatic rings. The highest BCUT2D eigenvalue weighted by Gasteiger charge is 2.27. The Morgan fingerprint density at radius 2 is 1.84 bits per heavy atom. The number of ether oxygens (including phenoxy) is 1. The molecule has 0 amide bonds. The fraction of sp³-hybridized carbons (Fsp3) is 0.455. The van der Waals surface area contributed by atoms with E-state index in [4.69, 9.17) is 0 Å². The van der Waals surface area contributed by atoms with Gasteiger partial charge in [0.05, 0.1) is 10.2 Å². The molecule has 0 fully saturated rings. The molecular formula is C11H11BrF5NO. The van der Waals surface area contributed by atoms with Crippen LogP contribution in [0.3, 0.4) is 0 Å². The van der Waals surface area contributed by atoms with E-state index in [0.717, 1.165) is 12.1 Å². The Morgan fingerprint density at radius 1 is 1.16 bits per heavy atom. The SMILES string of the molecule is Fc1cc(NCCCOCC(F)(F)F)c(F)cc1Br. The molecule has 19 heavy (non-hydrogen) atoms. The Bertz CT molecular complexity index is 424. The number of rotatable bonds is 6. The summed E-state index contributed by atoms with van der Waals surface area (Å²) in [6.07, 6.45) is -4.11. The number of hydrogen-bond donors (Lipinski definition) is 1. The van der Waals surface area contributed by atoms with Gasteiger partial charge in [0.15, 0.2) is 0 Å². The quantitative estimate of drug-likeness (QED) is 0.475. The zero-order valence-electron chi connectivity index (χ0n) is 9.66. The van der Waals surface area contributed by atoms with Gasteiger partial charge in [-0.15, -0.1) is 0 Å². The van der Waals surface area contributed by atoms with Gasteiger partial charge in [-0.3, -0.25) is 0 Å². The minimum Gasteiger partial charge on any atom is -0.383 e. The minimum atomic E-state index is -4.35. The predicted octanol–water partition coefficient (Wildman–Crippen LogP) is 4.11. The summed E-state index contributed by atoms with van der Waals surface area (Å²) in [5.74, 6) is -1.28. The van der Waals surface area contributed by atoms with E-state index >= 15 is 0 Å². The van der Waals surface area contributed by atoms with Crippen LogP contribution >= 0.6 is 15.9 Å². The molecule has 0 saturated carbocycles. The van der Waals surface area contributed by atoms with E-state index in [1.54, 1.807) is 0 Å². The van der Waals surface area contributed by atoms with E-state index in [1.165, 1.54) is 0 Å². The van der Waals surface area contributed by atoms with Crippen molar-refractivity contribution in [3.8, 4) is 0 Å². The molecule has 0 radical (unpaired) electrons. The summed E-state index contributed by atoms with van der Waals surface area (Å²) in [5.41, 5.74) is -0.0449. The summed E-state index contributed by atoms with van der Waals surface area (Å²) in [5, 5.41) is 2.58. The van der Waals surface area contributed by atoms with Gasteiger partial charge in [0.2, 0.25) is 0 Å². The first kappa shape index (κ1) is 16.2. The first-order valence-electron chi connectivity index (χ1n) is 5.32. The van der Waals surface area contributed by atoms with Crippen molar-refractivity contribution in [1.29, 1.82) is 0 Å². The maximum absolute atomic E-state index is 13.3. The van der Waals surface area contributed by atoms with Gasteiger partial charge < -0.3 is 10.1 Å². The lowest BCUT2D eigenvalue weighted by Gasteiger charge is -2.10. The molecule has 0 saturated heterocycles. The van der Waals surface area contributed by atoms with Gasteiger partial charge in [-0.25, -0.2) is 8.78 Å². The van der Waals surface area contributed by atoms with Crippen LogP contribution < -0.4 is 5.32 Å². The molecule has 8 heteroatoms. The van der Waals surface area contributed by atoms with Crippen molar-refractivity contribution < 1.29 is 26.7 Å². The van der Waals surface area contributed by atoms with E-state index < -0.39 is 24.4 Å². The summed E-state index contributed by atoms with van der Waals surface area (Å²) < 4.78 is 66.0. The monoisotopic (exact) mass is 347 g/mol. The smallest absolute Gasteiger partial charge is 0.383 e. The van der Waals surface area contributed by atoms with Gasteiger partial charge in [0.1, 0.15) is 18.2 Å². The number of anilines is 1. The molecule has 0 aliphatic rings. The predicted molar refractivity (Wildman–Crippen MR) is 64.0 cm³/mol. The van der Waals surface area contributed by atoms with Crippen LogP contribution in [0.1, 0.15) is 6.42 Å². The molecule has 108 valence electrons. The molecular weight excluding hydrogens is 337 g/mol. The van der Waals surface area contributed by atoms with Crippen LogP contribution in [0, 0.1) is 11.6 Å². The average Bonchev–Trinajstić information content (AvgIpc) is 2.28. The minimum absolute atomic E-state index is 0.00376. The zero-order valence-corrected chi connectivity index (χ0v) is 11.2. The van der Waals surface area contributed by atoms with Gasteiger partial charge >= 0.3 is 6.18 Å². The lowest BCUT2D eigenvalue weighted by atomic mass is 10.3. The Kier molecular flexibility index (Phi) is 5.99. The number of alkyl halides is 3. The number of hydrogen-bond acceptors (Lipinski definition) is 2. The highest BCUT2D eigenvalue weighted by molar-refractivity contribution is 9.10. The number of nitrogens with one attached hydrogen (secondary N) is 1. The van der Waals surface area contributed by atoms with Crippen LogP contribution in [0.25, 0.3) is 0 Å². The van der Waals surface area contributed by atoms with Crippen molar-refractivity contribution >= 4 is 21.6 Å². The normalized spacial score (nSPS) is 11.7. The second-order valence-electron chi connectivity index (χ2n) is 3.69. The second kappa shape index (κ2) is 7.04. The first-order valence-corrected chi connectivity index (χ1v) is 6.12. The molecule has 0 spiro atoms.